The molecular weight excluding hydrogens is 299 g/mol. The lowest BCUT2D eigenvalue weighted by Gasteiger charge is -2.11. The Hall–Kier alpha value is -2.38. The molecule has 0 fully saturated rings. The molecule has 2 aromatic rings. The van der Waals surface area contributed by atoms with E-state index in [9.17, 15) is 18.0 Å². The number of anilines is 1. The van der Waals surface area contributed by atoms with Crippen molar-refractivity contribution in [3.63, 3.8) is 0 Å². The van der Waals surface area contributed by atoms with Gasteiger partial charge in [0.05, 0.1) is 17.3 Å². The number of aromatic nitrogens is 2. The monoisotopic (exact) mass is 313 g/mol. The molecular formula is C14H14F3N3O2. The van der Waals surface area contributed by atoms with Crippen LogP contribution in [0.15, 0.2) is 29.2 Å². The third kappa shape index (κ3) is 3.63. The molecule has 0 unspecified atom stereocenters. The molecule has 0 aliphatic rings. The molecule has 8 heteroatoms. The molecule has 2 heterocycles. The molecule has 2 aromatic heterocycles. The molecule has 0 saturated carbocycles. The van der Waals surface area contributed by atoms with Gasteiger partial charge in [-0.25, -0.2) is 0 Å². The van der Waals surface area contributed by atoms with Crippen molar-refractivity contribution in [1.29, 1.82) is 0 Å². The molecule has 118 valence electrons. The fraction of sp³-hybridized carbons (Fsp3) is 0.357. The predicted molar refractivity (Wildman–Crippen MR) is 72.2 cm³/mol. The van der Waals surface area contributed by atoms with E-state index in [1.807, 2.05) is 13.8 Å². The van der Waals surface area contributed by atoms with Crippen molar-refractivity contribution in [2.24, 2.45) is 5.92 Å². The smallest absolute Gasteiger partial charge is 0.338 e. The molecule has 0 spiro atoms. The summed E-state index contributed by atoms with van der Waals surface area (Å²) in [7, 11) is 0. The first-order valence-corrected chi connectivity index (χ1v) is 6.55. The minimum atomic E-state index is -4.64. The number of hydrogen-bond acceptors (Lipinski definition) is 4. The zero-order valence-corrected chi connectivity index (χ0v) is 11.9. The van der Waals surface area contributed by atoms with Crippen molar-refractivity contribution >= 4 is 11.8 Å². The highest BCUT2D eigenvalue weighted by Gasteiger charge is 2.35. The van der Waals surface area contributed by atoms with Crippen LogP contribution in [0, 0.1) is 5.92 Å². The highest BCUT2D eigenvalue weighted by molar-refractivity contribution is 6.04. The third-order valence-corrected chi connectivity index (χ3v) is 2.87. The lowest BCUT2D eigenvalue weighted by Crippen LogP contribution is -2.19. The number of amides is 1. The van der Waals surface area contributed by atoms with E-state index in [-0.39, 0.29) is 11.8 Å². The number of hydrogen-bond donors (Lipinski definition) is 1. The highest BCUT2D eigenvalue weighted by Crippen LogP contribution is 2.32. The van der Waals surface area contributed by atoms with Gasteiger partial charge in [-0.1, -0.05) is 19.0 Å². The van der Waals surface area contributed by atoms with E-state index in [1.54, 1.807) is 0 Å². The maximum Gasteiger partial charge on any atom is 0.417 e. The standard InChI is InChI=1S/C14H14F3N3O2/c1-8(2)5-9-6-19-22-13(9)20-12(21)10-7-18-4-3-11(10)14(15,16)17/h3-4,6-8H,5H2,1-2H3,(H,20,21). The van der Waals surface area contributed by atoms with Crippen molar-refractivity contribution in [2.45, 2.75) is 26.4 Å². The van der Waals surface area contributed by atoms with Gasteiger partial charge < -0.3 is 4.52 Å². The summed E-state index contributed by atoms with van der Waals surface area (Å²) in [5.41, 5.74) is -0.993. The predicted octanol–water partition coefficient (Wildman–Crippen LogP) is 3.54. The van der Waals surface area contributed by atoms with Gasteiger partial charge >= 0.3 is 6.18 Å². The first-order chi connectivity index (χ1) is 10.3. The van der Waals surface area contributed by atoms with E-state index < -0.39 is 23.2 Å². The first-order valence-electron chi connectivity index (χ1n) is 6.55. The normalized spacial score (nSPS) is 11.7. The number of rotatable bonds is 4. The van der Waals surface area contributed by atoms with E-state index in [0.29, 0.717) is 12.0 Å². The molecule has 0 bridgehead atoms. The van der Waals surface area contributed by atoms with E-state index in [1.165, 1.54) is 6.20 Å². The summed E-state index contributed by atoms with van der Waals surface area (Å²) in [5.74, 6) is -0.614. The molecule has 0 saturated heterocycles. The molecule has 1 amide bonds. The Bertz CT molecular complexity index is 665. The average molecular weight is 313 g/mol. The summed E-state index contributed by atoms with van der Waals surface area (Å²) in [6, 6.07) is 0.754. The number of carbonyl (C=O) groups is 1. The number of halogens is 3. The van der Waals surface area contributed by atoms with E-state index in [0.717, 1.165) is 18.5 Å². The summed E-state index contributed by atoms with van der Waals surface area (Å²) in [4.78, 5) is 15.7. The molecule has 22 heavy (non-hydrogen) atoms. The van der Waals surface area contributed by atoms with Crippen LogP contribution in [0.5, 0.6) is 0 Å². The van der Waals surface area contributed by atoms with Crippen molar-refractivity contribution in [1.82, 2.24) is 10.1 Å². The van der Waals surface area contributed by atoms with Crippen molar-refractivity contribution in [3.05, 3.63) is 41.3 Å². The molecule has 0 aromatic carbocycles. The van der Waals surface area contributed by atoms with Crippen LogP contribution in [-0.2, 0) is 12.6 Å². The van der Waals surface area contributed by atoms with Crippen LogP contribution in [0.3, 0.4) is 0 Å². The number of nitrogens with one attached hydrogen (secondary N) is 1. The summed E-state index contributed by atoms with van der Waals surface area (Å²) in [5, 5.41) is 5.88. The zero-order chi connectivity index (χ0) is 16.3. The van der Waals surface area contributed by atoms with Crippen molar-refractivity contribution in [2.75, 3.05) is 5.32 Å². The van der Waals surface area contributed by atoms with Gasteiger partial charge in [-0.15, -0.1) is 0 Å². The van der Waals surface area contributed by atoms with Gasteiger partial charge in [0.1, 0.15) is 0 Å². The van der Waals surface area contributed by atoms with Gasteiger partial charge in [0, 0.05) is 18.0 Å². The highest BCUT2D eigenvalue weighted by atomic mass is 19.4. The molecule has 0 atom stereocenters. The molecule has 0 radical (unpaired) electrons. The van der Waals surface area contributed by atoms with Gasteiger partial charge in [0.2, 0.25) is 5.88 Å². The molecule has 2 rings (SSSR count). The van der Waals surface area contributed by atoms with Gasteiger partial charge in [0.25, 0.3) is 5.91 Å². The third-order valence-electron chi connectivity index (χ3n) is 2.87. The van der Waals surface area contributed by atoms with Crippen molar-refractivity contribution in [3.8, 4) is 0 Å². The lowest BCUT2D eigenvalue weighted by molar-refractivity contribution is -0.138. The topological polar surface area (TPSA) is 68.0 Å². The lowest BCUT2D eigenvalue weighted by atomic mass is 10.1. The Morgan fingerprint density at radius 1 is 1.36 bits per heavy atom. The molecule has 0 aliphatic heterocycles. The Labute approximate surface area is 124 Å². The number of carbonyl (C=O) groups excluding carboxylic acids is 1. The largest absolute Gasteiger partial charge is 0.417 e. The fourth-order valence-corrected chi connectivity index (χ4v) is 1.94. The van der Waals surface area contributed by atoms with Crippen LogP contribution in [0.4, 0.5) is 19.1 Å². The van der Waals surface area contributed by atoms with Crippen LogP contribution >= 0.6 is 0 Å². The van der Waals surface area contributed by atoms with Gasteiger partial charge in [-0.2, -0.15) is 13.2 Å². The van der Waals surface area contributed by atoms with Crippen LogP contribution in [0.25, 0.3) is 0 Å². The number of nitrogens with zero attached hydrogens (tertiary/aromatic N) is 2. The minimum Gasteiger partial charge on any atom is -0.338 e. The Morgan fingerprint density at radius 2 is 2.09 bits per heavy atom. The van der Waals surface area contributed by atoms with E-state index in [4.69, 9.17) is 4.52 Å². The molecule has 1 N–H and O–H groups in total. The summed E-state index contributed by atoms with van der Waals surface area (Å²) >= 11 is 0. The maximum absolute atomic E-state index is 12.9. The Morgan fingerprint density at radius 3 is 2.73 bits per heavy atom. The van der Waals surface area contributed by atoms with Gasteiger partial charge in [0.15, 0.2) is 0 Å². The second-order valence-corrected chi connectivity index (χ2v) is 5.15. The second-order valence-electron chi connectivity index (χ2n) is 5.15. The Balaban J connectivity index is 2.26. The summed E-state index contributed by atoms with van der Waals surface area (Å²) in [6.45, 7) is 3.92. The zero-order valence-electron chi connectivity index (χ0n) is 11.9. The van der Waals surface area contributed by atoms with Gasteiger partial charge in [-0.05, 0) is 18.4 Å². The van der Waals surface area contributed by atoms with E-state index in [2.05, 4.69) is 15.5 Å². The quantitative estimate of drug-likeness (QED) is 0.937. The molecule has 5 nitrogen and oxygen atoms in total. The summed E-state index contributed by atoms with van der Waals surface area (Å²) < 4.78 is 43.6. The van der Waals surface area contributed by atoms with Crippen molar-refractivity contribution < 1.29 is 22.5 Å². The van der Waals surface area contributed by atoms with Crippen LogP contribution < -0.4 is 5.32 Å². The Kier molecular flexibility index (Phi) is 4.48. The van der Waals surface area contributed by atoms with Crippen LogP contribution in [0.2, 0.25) is 0 Å². The van der Waals surface area contributed by atoms with Crippen LogP contribution in [0.1, 0.15) is 35.3 Å². The molecule has 0 aliphatic carbocycles. The van der Waals surface area contributed by atoms with Crippen LogP contribution in [-0.4, -0.2) is 16.0 Å². The summed E-state index contributed by atoms with van der Waals surface area (Å²) in [6.07, 6.45) is -0.769. The van der Waals surface area contributed by atoms with Gasteiger partial charge in [-0.3, -0.25) is 15.1 Å². The SMILES string of the molecule is CC(C)Cc1cnoc1NC(=O)c1cnccc1C(F)(F)F. The maximum atomic E-state index is 12.9. The number of alkyl halides is 3. The number of pyridine rings is 1. The van der Waals surface area contributed by atoms with E-state index >= 15 is 0 Å². The second kappa shape index (κ2) is 6.17. The minimum absolute atomic E-state index is 0.0516. The average Bonchev–Trinajstić information content (AvgIpc) is 2.84. The fourth-order valence-electron chi connectivity index (χ4n) is 1.94. The first kappa shape index (κ1) is 16.0.